The van der Waals surface area contributed by atoms with Crippen LogP contribution in [0, 0.1) is 0 Å². The van der Waals surface area contributed by atoms with Crippen LogP contribution in [0.25, 0.3) is 0 Å². The molecule has 1 aromatic rings. The Morgan fingerprint density at radius 2 is 1.77 bits per heavy atom. The number of carbonyl (C=O) groups excluding carboxylic acids is 2. The Kier molecular flexibility index (Phi) is 5.89. The predicted molar refractivity (Wildman–Crippen MR) is 98.6 cm³/mol. The maximum Gasteiger partial charge on any atom is 0.320 e. The van der Waals surface area contributed by atoms with Crippen LogP contribution in [0.4, 0.5) is 0 Å². The SMILES string of the molecule is COC(=O)[C@H]1CN(C(=O)c2ccc(S(=O)(=O)N3CCCC3)cc2)CCS1. The van der Waals surface area contributed by atoms with Crippen LogP contribution in [-0.2, 0) is 19.6 Å². The van der Waals surface area contributed by atoms with Gasteiger partial charge in [0.1, 0.15) is 5.25 Å². The van der Waals surface area contributed by atoms with Gasteiger partial charge in [0, 0.05) is 37.5 Å². The molecule has 2 heterocycles. The van der Waals surface area contributed by atoms with Crippen molar-refractivity contribution in [1.29, 1.82) is 0 Å². The third kappa shape index (κ3) is 3.89. The summed E-state index contributed by atoms with van der Waals surface area (Å²) in [5, 5.41) is -0.382. The number of amides is 1. The first-order chi connectivity index (χ1) is 12.4. The van der Waals surface area contributed by atoms with E-state index in [-0.39, 0.29) is 22.0 Å². The molecule has 1 amide bonds. The number of rotatable bonds is 4. The number of methoxy groups -OCH3 is 1. The van der Waals surface area contributed by atoms with Gasteiger partial charge >= 0.3 is 5.97 Å². The standard InChI is InChI=1S/C17H22N2O5S2/c1-24-17(21)15-12-18(10-11-25-15)16(20)13-4-6-14(7-5-13)26(22,23)19-8-2-3-9-19/h4-7,15H,2-3,8-12H2,1H3/t15-/m1/s1. The second-order valence-corrected chi connectivity index (χ2v) is 9.52. The minimum Gasteiger partial charge on any atom is -0.468 e. The summed E-state index contributed by atoms with van der Waals surface area (Å²) in [6.07, 6.45) is 1.76. The minimum absolute atomic E-state index is 0.204. The molecule has 1 aromatic carbocycles. The summed E-state index contributed by atoms with van der Waals surface area (Å²) in [7, 11) is -2.15. The molecule has 0 radical (unpaired) electrons. The number of esters is 1. The number of hydrogen-bond acceptors (Lipinski definition) is 6. The Bertz CT molecular complexity index is 773. The van der Waals surface area contributed by atoms with Crippen LogP contribution in [0.3, 0.4) is 0 Å². The summed E-state index contributed by atoms with van der Waals surface area (Å²) in [5.74, 6) is 0.122. The monoisotopic (exact) mass is 398 g/mol. The van der Waals surface area contributed by atoms with Crippen molar-refractivity contribution in [2.45, 2.75) is 23.0 Å². The smallest absolute Gasteiger partial charge is 0.320 e. The molecular formula is C17H22N2O5S2. The summed E-state index contributed by atoms with van der Waals surface area (Å²) in [4.78, 5) is 26.2. The van der Waals surface area contributed by atoms with Gasteiger partial charge in [-0.25, -0.2) is 8.42 Å². The lowest BCUT2D eigenvalue weighted by Crippen LogP contribution is -2.44. The molecule has 0 saturated carbocycles. The average molecular weight is 399 g/mol. The van der Waals surface area contributed by atoms with E-state index in [1.54, 1.807) is 17.0 Å². The van der Waals surface area contributed by atoms with Gasteiger partial charge in [-0.15, -0.1) is 11.8 Å². The summed E-state index contributed by atoms with van der Waals surface area (Å²) in [6.45, 7) is 1.93. The van der Waals surface area contributed by atoms with Gasteiger partial charge in [-0.2, -0.15) is 4.31 Å². The molecular weight excluding hydrogens is 376 g/mol. The second kappa shape index (κ2) is 7.98. The van der Waals surface area contributed by atoms with Gasteiger partial charge in [0.15, 0.2) is 0 Å². The highest BCUT2D eigenvalue weighted by molar-refractivity contribution is 8.00. The molecule has 0 N–H and O–H groups in total. The lowest BCUT2D eigenvalue weighted by Gasteiger charge is -2.31. The zero-order chi connectivity index (χ0) is 18.7. The van der Waals surface area contributed by atoms with E-state index in [1.165, 1.54) is 35.3 Å². The van der Waals surface area contributed by atoms with Crippen molar-refractivity contribution < 1.29 is 22.7 Å². The van der Waals surface area contributed by atoms with E-state index >= 15 is 0 Å². The highest BCUT2D eigenvalue weighted by atomic mass is 32.2. The Morgan fingerprint density at radius 3 is 2.38 bits per heavy atom. The normalized spacial score (nSPS) is 21.6. The van der Waals surface area contributed by atoms with Gasteiger partial charge < -0.3 is 9.64 Å². The van der Waals surface area contributed by atoms with Gasteiger partial charge in [-0.05, 0) is 37.1 Å². The van der Waals surface area contributed by atoms with Gasteiger partial charge in [0.05, 0.1) is 12.0 Å². The summed E-state index contributed by atoms with van der Waals surface area (Å²) >= 11 is 1.48. The summed E-state index contributed by atoms with van der Waals surface area (Å²) in [5.41, 5.74) is 0.417. The number of benzene rings is 1. The van der Waals surface area contributed by atoms with E-state index in [2.05, 4.69) is 0 Å². The second-order valence-electron chi connectivity index (χ2n) is 6.27. The minimum atomic E-state index is -3.49. The Hall–Kier alpha value is -1.58. The molecule has 0 unspecified atom stereocenters. The molecule has 0 spiro atoms. The predicted octanol–water partition coefficient (Wildman–Crippen LogP) is 1.20. The van der Waals surface area contributed by atoms with Crippen LogP contribution in [0.2, 0.25) is 0 Å². The molecule has 142 valence electrons. The van der Waals surface area contributed by atoms with Crippen LogP contribution in [-0.4, -0.2) is 73.8 Å². The third-order valence-electron chi connectivity index (χ3n) is 4.62. The van der Waals surface area contributed by atoms with Gasteiger partial charge in [-0.3, -0.25) is 9.59 Å². The van der Waals surface area contributed by atoms with E-state index < -0.39 is 10.0 Å². The molecule has 0 aliphatic carbocycles. The van der Waals surface area contributed by atoms with Gasteiger partial charge in [-0.1, -0.05) is 0 Å². The molecule has 7 nitrogen and oxygen atoms in total. The Balaban J connectivity index is 1.72. The molecule has 0 aromatic heterocycles. The number of carbonyl (C=O) groups is 2. The fourth-order valence-electron chi connectivity index (χ4n) is 3.14. The Labute approximate surface area is 157 Å². The largest absolute Gasteiger partial charge is 0.468 e. The molecule has 2 aliphatic rings. The summed E-state index contributed by atoms with van der Waals surface area (Å²) < 4.78 is 31.3. The van der Waals surface area contributed by atoms with E-state index in [4.69, 9.17) is 4.74 Å². The third-order valence-corrected chi connectivity index (χ3v) is 7.70. The number of nitrogens with zero attached hydrogens (tertiary/aromatic N) is 2. The lowest BCUT2D eigenvalue weighted by molar-refractivity contribution is -0.140. The van der Waals surface area contributed by atoms with Gasteiger partial charge in [0.25, 0.3) is 5.91 Å². The quantitative estimate of drug-likeness (QED) is 0.709. The molecule has 2 aliphatic heterocycles. The number of ether oxygens (including phenoxy) is 1. The first-order valence-electron chi connectivity index (χ1n) is 8.52. The fourth-order valence-corrected chi connectivity index (χ4v) is 5.78. The molecule has 26 heavy (non-hydrogen) atoms. The Morgan fingerprint density at radius 1 is 1.12 bits per heavy atom. The van der Waals surface area contributed by atoms with Crippen LogP contribution in [0.1, 0.15) is 23.2 Å². The maximum atomic E-state index is 12.7. The maximum absolute atomic E-state index is 12.7. The number of thioether (sulfide) groups is 1. The van der Waals surface area contributed by atoms with Crippen molar-refractivity contribution >= 4 is 33.7 Å². The first kappa shape index (κ1) is 19.2. The van der Waals surface area contributed by atoms with E-state index in [0.717, 1.165) is 12.8 Å². The zero-order valence-corrected chi connectivity index (χ0v) is 16.2. The van der Waals surface area contributed by atoms with Crippen molar-refractivity contribution in [3.63, 3.8) is 0 Å². The number of hydrogen-bond donors (Lipinski definition) is 0. The van der Waals surface area contributed by atoms with Crippen molar-refractivity contribution in [1.82, 2.24) is 9.21 Å². The van der Waals surface area contributed by atoms with Gasteiger partial charge in [0.2, 0.25) is 10.0 Å². The molecule has 0 bridgehead atoms. The first-order valence-corrected chi connectivity index (χ1v) is 11.0. The van der Waals surface area contributed by atoms with Crippen molar-refractivity contribution in [2.24, 2.45) is 0 Å². The lowest BCUT2D eigenvalue weighted by atomic mass is 10.2. The molecule has 1 atom stereocenters. The fraction of sp³-hybridized carbons (Fsp3) is 0.529. The molecule has 3 rings (SSSR count). The van der Waals surface area contributed by atoms with Crippen LogP contribution in [0.5, 0.6) is 0 Å². The van der Waals surface area contributed by atoms with Crippen molar-refractivity contribution in [2.75, 3.05) is 39.0 Å². The van der Waals surface area contributed by atoms with E-state index in [9.17, 15) is 18.0 Å². The van der Waals surface area contributed by atoms with Crippen molar-refractivity contribution in [3.8, 4) is 0 Å². The van der Waals surface area contributed by atoms with Crippen molar-refractivity contribution in [3.05, 3.63) is 29.8 Å². The van der Waals surface area contributed by atoms with E-state index in [0.29, 0.717) is 37.5 Å². The van der Waals surface area contributed by atoms with Crippen LogP contribution in [0.15, 0.2) is 29.2 Å². The zero-order valence-electron chi connectivity index (χ0n) is 14.6. The van der Waals surface area contributed by atoms with Crippen LogP contribution < -0.4 is 0 Å². The molecule has 2 fully saturated rings. The summed E-state index contributed by atoms with van der Waals surface area (Å²) in [6, 6.07) is 6.05. The molecule has 2 saturated heterocycles. The average Bonchev–Trinajstić information content (AvgIpc) is 3.22. The molecule has 9 heteroatoms. The van der Waals surface area contributed by atoms with E-state index in [1.807, 2.05) is 0 Å². The number of sulfonamides is 1. The highest BCUT2D eigenvalue weighted by Crippen LogP contribution is 2.23. The topological polar surface area (TPSA) is 84.0 Å². The highest BCUT2D eigenvalue weighted by Gasteiger charge is 2.31. The van der Waals surface area contributed by atoms with Crippen LogP contribution >= 0.6 is 11.8 Å².